The van der Waals surface area contributed by atoms with Crippen molar-refractivity contribution in [2.75, 3.05) is 0 Å². The van der Waals surface area contributed by atoms with Gasteiger partial charge in [-0.1, -0.05) is 0 Å². The van der Waals surface area contributed by atoms with Crippen LogP contribution in [0.15, 0.2) is 12.1 Å². The van der Waals surface area contributed by atoms with Crippen molar-refractivity contribution in [2.45, 2.75) is 13.5 Å². The summed E-state index contributed by atoms with van der Waals surface area (Å²) in [6.45, 7) is -1.71. The third-order valence-electron chi connectivity index (χ3n) is 1.82. The largest absolute Gasteiger partial charge is 0.434 e. The third-order valence-corrected chi connectivity index (χ3v) is 2.97. The minimum absolute atomic E-state index is 0.156. The van der Waals surface area contributed by atoms with Gasteiger partial charge in [-0.25, -0.2) is 0 Å². The molecule has 1 rings (SSSR count). The summed E-state index contributed by atoms with van der Waals surface area (Å²) in [6.07, 6.45) is 0.493. The van der Waals surface area contributed by atoms with Crippen LogP contribution in [-0.4, -0.2) is 18.7 Å². The average Bonchev–Trinajstić information content (AvgIpc) is 2.20. The molecule has 0 aliphatic heterocycles. The fourth-order valence-electron chi connectivity index (χ4n) is 1.09. The first-order valence-corrected chi connectivity index (χ1v) is 5.28. The van der Waals surface area contributed by atoms with E-state index in [1.54, 1.807) is 22.6 Å². The van der Waals surface area contributed by atoms with Crippen molar-refractivity contribution in [2.24, 2.45) is 0 Å². The van der Waals surface area contributed by atoms with Gasteiger partial charge in [0.2, 0.25) is 0 Å². The smallest absolute Gasteiger partial charge is 0.387 e. The van der Waals surface area contributed by atoms with E-state index in [1.807, 2.05) is 0 Å². The zero-order valence-corrected chi connectivity index (χ0v) is 10.3. The first kappa shape index (κ1) is 13.0. The lowest BCUT2D eigenvalue weighted by Crippen LogP contribution is -2.06. The molecule has 0 aromatic heterocycles. The monoisotopic (exact) mass is 340 g/mol. The highest BCUT2D eigenvalue weighted by atomic mass is 127. The van der Waals surface area contributed by atoms with Crippen LogP contribution in [0.5, 0.6) is 5.75 Å². The number of carbonyl (C=O) groups excluding carboxylic acids is 2. The summed E-state index contributed by atoms with van der Waals surface area (Å²) in [5.74, 6) is -0.482. The number of hydrogen-bond donors (Lipinski definition) is 0. The summed E-state index contributed by atoms with van der Waals surface area (Å²) in [5, 5.41) is 0. The number of benzene rings is 1. The Morgan fingerprint density at radius 1 is 1.50 bits per heavy atom. The Morgan fingerprint density at radius 2 is 2.12 bits per heavy atom. The van der Waals surface area contributed by atoms with Crippen LogP contribution in [0.1, 0.15) is 27.6 Å². The molecule has 0 N–H and O–H groups in total. The molecular formula is C10H7F2IO3. The summed E-state index contributed by atoms with van der Waals surface area (Å²) in [6, 6.07) is 2.54. The van der Waals surface area contributed by atoms with E-state index in [-0.39, 0.29) is 26.2 Å². The molecule has 0 saturated carbocycles. The Balaban J connectivity index is 3.29. The summed E-state index contributed by atoms with van der Waals surface area (Å²) in [7, 11) is 0. The molecule has 0 bridgehead atoms. The lowest BCUT2D eigenvalue weighted by Gasteiger charge is -2.09. The van der Waals surface area contributed by atoms with Crippen LogP contribution in [0.2, 0.25) is 0 Å². The van der Waals surface area contributed by atoms with E-state index in [2.05, 4.69) is 4.74 Å². The van der Waals surface area contributed by atoms with Crippen LogP contribution in [0.4, 0.5) is 8.78 Å². The maximum Gasteiger partial charge on any atom is 0.387 e. The van der Waals surface area contributed by atoms with Gasteiger partial charge in [0, 0.05) is 11.1 Å². The van der Waals surface area contributed by atoms with Crippen molar-refractivity contribution in [1.29, 1.82) is 0 Å². The van der Waals surface area contributed by atoms with Gasteiger partial charge in [0.1, 0.15) is 5.75 Å². The Morgan fingerprint density at radius 3 is 2.56 bits per heavy atom. The van der Waals surface area contributed by atoms with Gasteiger partial charge in [0.05, 0.1) is 3.57 Å². The van der Waals surface area contributed by atoms with Gasteiger partial charge in [-0.15, -0.1) is 0 Å². The molecule has 0 saturated heterocycles. The number of carbonyl (C=O) groups is 2. The molecular weight excluding hydrogens is 333 g/mol. The van der Waals surface area contributed by atoms with Crippen LogP contribution in [-0.2, 0) is 0 Å². The molecule has 0 heterocycles. The topological polar surface area (TPSA) is 43.4 Å². The van der Waals surface area contributed by atoms with Crippen molar-refractivity contribution in [3.05, 3.63) is 26.8 Å². The fraction of sp³-hybridized carbons (Fsp3) is 0.200. The van der Waals surface area contributed by atoms with Crippen molar-refractivity contribution in [1.82, 2.24) is 0 Å². The van der Waals surface area contributed by atoms with E-state index in [1.165, 1.54) is 19.1 Å². The third kappa shape index (κ3) is 2.97. The van der Waals surface area contributed by atoms with Crippen LogP contribution in [0, 0.1) is 3.57 Å². The average molecular weight is 340 g/mol. The van der Waals surface area contributed by atoms with E-state index in [4.69, 9.17) is 0 Å². The predicted octanol–water partition coefficient (Wildman–Crippen LogP) is 2.91. The van der Waals surface area contributed by atoms with E-state index >= 15 is 0 Å². The second-order valence-electron chi connectivity index (χ2n) is 2.93. The van der Waals surface area contributed by atoms with Gasteiger partial charge < -0.3 is 4.74 Å². The summed E-state index contributed by atoms with van der Waals surface area (Å²) < 4.78 is 28.6. The molecule has 0 fully saturated rings. The Bertz CT molecular complexity index is 432. The maximum atomic E-state index is 12.1. The maximum absolute atomic E-state index is 12.1. The molecule has 6 heteroatoms. The second-order valence-corrected chi connectivity index (χ2v) is 4.01. The molecule has 0 aliphatic rings. The zero-order valence-electron chi connectivity index (χ0n) is 8.17. The molecule has 0 spiro atoms. The molecule has 3 nitrogen and oxygen atoms in total. The number of alkyl halides is 2. The van der Waals surface area contributed by atoms with Crippen LogP contribution in [0.3, 0.4) is 0 Å². The minimum Gasteiger partial charge on any atom is -0.434 e. The summed E-state index contributed by atoms with van der Waals surface area (Å²) in [4.78, 5) is 21.8. The predicted molar refractivity (Wildman–Crippen MR) is 61.2 cm³/mol. The fourth-order valence-corrected chi connectivity index (χ4v) is 1.66. The quantitative estimate of drug-likeness (QED) is 0.481. The molecule has 0 aliphatic carbocycles. The molecule has 16 heavy (non-hydrogen) atoms. The highest BCUT2D eigenvalue weighted by molar-refractivity contribution is 14.1. The number of rotatable bonds is 4. The molecule has 1 aromatic carbocycles. The molecule has 86 valence electrons. The first-order chi connectivity index (χ1) is 7.45. The van der Waals surface area contributed by atoms with Crippen LogP contribution >= 0.6 is 22.6 Å². The number of hydrogen-bond acceptors (Lipinski definition) is 3. The van der Waals surface area contributed by atoms with E-state index < -0.39 is 6.61 Å². The van der Waals surface area contributed by atoms with Gasteiger partial charge in [-0.3, -0.25) is 9.59 Å². The van der Waals surface area contributed by atoms with Crippen LogP contribution in [0.25, 0.3) is 0 Å². The Hall–Kier alpha value is -1.05. The molecule has 0 unspecified atom stereocenters. The van der Waals surface area contributed by atoms with E-state index in [9.17, 15) is 18.4 Å². The molecule has 0 radical (unpaired) electrons. The lowest BCUT2D eigenvalue weighted by molar-refractivity contribution is -0.0505. The second kappa shape index (κ2) is 5.33. The SMILES string of the molecule is CC(=O)c1cc(C=O)c(I)c(OC(F)F)c1. The molecule has 0 atom stereocenters. The normalized spacial score (nSPS) is 10.3. The number of ether oxygens (including phenoxy) is 1. The number of Topliss-reactive ketones (excluding diaryl/α,β-unsaturated/α-hetero) is 1. The van der Waals surface area contributed by atoms with E-state index in [0.717, 1.165) is 0 Å². The molecule has 1 aromatic rings. The lowest BCUT2D eigenvalue weighted by atomic mass is 10.1. The van der Waals surface area contributed by atoms with Gasteiger partial charge in [0.15, 0.2) is 12.1 Å². The number of halogens is 3. The van der Waals surface area contributed by atoms with Gasteiger partial charge in [-0.2, -0.15) is 8.78 Å². The highest BCUT2D eigenvalue weighted by Crippen LogP contribution is 2.27. The van der Waals surface area contributed by atoms with E-state index in [0.29, 0.717) is 6.29 Å². The zero-order chi connectivity index (χ0) is 12.3. The van der Waals surface area contributed by atoms with Crippen molar-refractivity contribution < 1.29 is 23.1 Å². The van der Waals surface area contributed by atoms with Crippen molar-refractivity contribution in [3.8, 4) is 5.75 Å². The minimum atomic E-state index is -2.99. The van der Waals surface area contributed by atoms with Gasteiger partial charge in [-0.05, 0) is 41.6 Å². The standard InChI is InChI=1S/C10H7F2IO3/c1-5(15)6-2-7(4-14)9(13)8(3-6)16-10(11)12/h2-4,10H,1H3. The Labute approximate surface area is 104 Å². The van der Waals surface area contributed by atoms with Gasteiger partial charge >= 0.3 is 6.61 Å². The molecule has 0 amide bonds. The first-order valence-electron chi connectivity index (χ1n) is 4.20. The number of ketones is 1. The summed E-state index contributed by atoms with van der Waals surface area (Å²) in [5.41, 5.74) is 0.321. The summed E-state index contributed by atoms with van der Waals surface area (Å²) >= 11 is 1.71. The van der Waals surface area contributed by atoms with Crippen molar-refractivity contribution in [3.63, 3.8) is 0 Å². The van der Waals surface area contributed by atoms with Crippen LogP contribution < -0.4 is 4.74 Å². The van der Waals surface area contributed by atoms with Crippen molar-refractivity contribution >= 4 is 34.7 Å². The highest BCUT2D eigenvalue weighted by Gasteiger charge is 2.14. The Kier molecular flexibility index (Phi) is 4.34. The van der Waals surface area contributed by atoms with Gasteiger partial charge in [0.25, 0.3) is 0 Å². The number of aldehydes is 1.